The molecule has 0 aliphatic carbocycles. The molecule has 0 radical (unpaired) electrons. The van der Waals surface area contributed by atoms with Crippen molar-refractivity contribution in [3.8, 4) is 0 Å². The van der Waals surface area contributed by atoms with E-state index in [2.05, 4.69) is 57.2 Å². The highest BCUT2D eigenvalue weighted by atomic mass is 16.6. The van der Waals surface area contributed by atoms with E-state index in [0.29, 0.717) is 19.3 Å². The van der Waals surface area contributed by atoms with Crippen LogP contribution < -0.4 is 0 Å². The van der Waals surface area contributed by atoms with Gasteiger partial charge in [-0.2, -0.15) is 0 Å². The van der Waals surface area contributed by atoms with Gasteiger partial charge < -0.3 is 14.2 Å². The third-order valence-corrected chi connectivity index (χ3v) is 13.9. The summed E-state index contributed by atoms with van der Waals surface area (Å²) in [7, 11) is 0. The summed E-state index contributed by atoms with van der Waals surface area (Å²) >= 11 is 0. The van der Waals surface area contributed by atoms with E-state index in [9.17, 15) is 14.4 Å². The summed E-state index contributed by atoms with van der Waals surface area (Å²) in [6, 6.07) is 0. The molecule has 0 aromatic rings. The van der Waals surface area contributed by atoms with Gasteiger partial charge in [-0.1, -0.05) is 295 Å². The third-order valence-electron chi connectivity index (χ3n) is 13.9. The fourth-order valence-corrected chi connectivity index (χ4v) is 9.22. The Balaban J connectivity index is 4.09. The van der Waals surface area contributed by atoms with Gasteiger partial charge >= 0.3 is 17.9 Å². The van der Waals surface area contributed by atoms with Gasteiger partial charge in [-0.25, -0.2) is 0 Å². The van der Waals surface area contributed by atoms with Gasteiger partial charge in [0.2, 0.25) is 0 Å². The van der Waals surface area contributed by atoms with Crippen LogP contribution in [0.2, 0.25) is 0 Å². The molecule has 1 unspecified atom stereocenters. The zero-order valence-corrected chi connectivity index (χ0v) is 47.1. The van der Waals surface area contributed by atoms with Crippen LogP contribution in [0.1, 0.15) is 335 Å². The predicted octanol–water partition coefficient (Wildman–Crippen LogP) is 20.8. The number of allylic oxidation sites excluding steroid dienone is 6. The Hall–Kier alpha value is -2.37. The molecule has 0 aromatic carbocycles. The summed E-state index contributed by atoms with van der Waals surface area (Å²) in [6.45, 7) is 6.61. The second kappa shape index (κ2) is 59.2. The first-order valence-electron chi connectivity index (χ1n) is 31.0. The topological polar surface area (TPSA) is 78.9 Å². The second-order valence-electron chi connectivity index (χ2n) is 21.0. The van der Waals surface area contributed by atoms with Crippen molar-refractivity contribution in [3.63, 3.8) is 0 Å². The summed E-state index contributed by atoms with van der Waals surface area (Å²) in [5.41, 5.74) is 0. The zero-order chi connectivity index (χ0) is 50.7. The van der Waals surface area contributed by atoms with Crippen LogP contribution >= 0.6 is 0 Å². The van der Waals surface area contributed by atoms with E-state index < -0.39 is 6.10 Å². The Kier molecular flexibility index (Phi) is 57.2. The molecule has 0 aliphatic heterocycles. The SMILES string of the molecule is CCCCC/C=C\C/C=C\C/C=C\CCCCCCCCC(=O)OC(COC(=O)CCCCCCCCC)COC(=O)CCCCCCCCCCCCCCCCCCCCCCCCCCCC. The average molecular weight is 984 g/mol. The first kappa shape index (κ1) is 67.6. The minimum atomic E-state index is -0.774. The van der Waals surface area contributed by atoms with Gasteiger partial charge in [0.25, 0.3) is 0 Å². The van der Waals surface area contributed by atoms with E-state index in [1.54, 1.807) is 0 Å². The van der Waals surface area contributed by atoms with Crippen LogP contribution in [0.15, 0.2) is 36.5 Å². The molecule has 0 rings (SSSR count). The molecule has 0 amide bonds. The Morgan fingerprint density at radius 1 is 0.286 bits per heavy atom. The molecule has 0 bridgehead atoms. The highest BCUT2D eigenvalue weighted by Gasteiger charge is 2.19. The number of hydrogen-bond donors (Lipinski definition) is 0. The van der Waals surface area contributed by atoms with Crippen molar-refractivity contribution in [1.29, 1.82) is 0 Å². The summed E-state index contributed by atoms with van der Waals surface area (Å²) < 4.78 is 16.8. The molecule has 0 spiro atoms. The lowest BCUT2D eigenvalue weighted by Crippen LogP contribution is -2.30. The van der Waals surface area contributed by atoms with Gasteiger partial charge in [-0.05, 0) is 57.8 Å². The summed E-state index contributed by atoms with van der Waals surface area (Å²) in [5.74, 6) is -0.874. The Labute approximate surface area is 435 Å². The number of unbranched alkanes of at least 4 members (excludes halogenated alkanes) is 40. The lowest BCUT2D eigenvalue weighted by atomic mass is 10.0. The second-order valence-corrected chi connectivity index (χ2v) is 21.0. The lowest BCUT2D eigenvalue weighted by molar-refractivity contribution is -0.167. The van der Waals surface area contributed by atoms with Crippen LogP contribution in [0.25, 0.3) is 0 Å². The normalized spacial score (nSPS) is 12.2. The maximum Gasteiger partial charge on any atom is 0.306 e. The molecule has 70 heavy (non-hydrogen) atoms. The highest BCUT2D eigenvalue weighted by Crippen LogP contribution is 2.17. The maximum atomic E-state index is 12.8. The molecule has 0 saturated carbocycles. The summed E-state index contributed by atoms with van der Waals surface area (Å²) in [6.07, 6.45) is 71.8. The fraction of sp³-hybridized carbons (Fsp3) is 0.859. The standard InChI is InChI=1S/C64H118O6/c1-4-7-10-13-16-18-20-22-24-26-28-29-30-31-32-33-34-36-37-39-41-43-45-48-51-54-57-63(66)69-60-61(59-68-62(65)56-53-50-47-15-12-9-6-3)70-64(67)58-55-52-49-46-44-42-40-38-35-27-25-23-21-19-17-14-11-8-5-2/h17,19,23,25,35,38,61H,4-16,18,20-22,24,26-34,36-37,39-60H2,1-3H3/b19-17-,25-23-,38-35-. The number of hydrogen-bond acceptors (Lipinski definition) is 6. The molecule has 0 fully saturated rings. The fourth-order valence-electron chi connectivity index (χ4n) is 9.22. The van der Waals surface area contributed by atoms with Gasteiger partial charge in [-0.3, -0.25) is 14.4 Å². The summed E-state index contributed by atoms with van der Waals surface area (Å²) in [5, 5.41) is 0. The molecule has 410 valence electrons. The van der Waals surface area contributed by atoms with E-state index in [0.717, 1.165) is 77.0 Å². The van der Waals surface area contributed by atoms with Gasteiger partial charge in [-0.15, -0.1) is 0 Å². The van der Waals surface area contributed by atoms with E-state index in [-0.39, 0.29) is 31.1 Å². The van der Waals surface area contributed by atoms with Crippen LogP contribution in [0, 0.1) is 0 Å². The molecular formula is C64H118O6. The van der Waals surface area contributed by atoms with Crippen LogP contribution in [0.3, 0.4) is 0 Å². The van der Waals surface area contributed by atoms with E-state index in [4.69, 9.17) is 14.2 Å². The molecule has 1 atom stereocenters. The Bertz CT molecular complexity index is 1170. The molecule has 0 aromatic heterocycles. The van der Waals surface area contributed by atoms with Crippen molar-refractivity contribution in [1.82, 2.24) is 0 Å². The highest BCUT2D eigenvalue weighted by molar-refractivity contribution is 5.71. The number of esters is 3. The van der Waals surface area contributed by atoms with Crippen molar-refractivity contribution in [2.45, 2.75) is 341 Å². The molecule has 6 nitrogen and oxygen atoms in total. The third kappa shape index (κ3) is 56.5. The average Bonchev–Trinajstić information content (AvgIpc) is 3.36. The Morgan fingerprint density at radius 2 is 0.514 bits per heavy atom. The molecule has 0 aliphatic rings. The molecule has 0 heterocycles. The van der Waals surface area contributed by atoms with Crippen LogP contribution in [-0.4, -0.2) is 37.2 Å². The van der Waals surface area contributed by atoms with Gasteiger partial charge in [0.1, 0.15) is 13.2 Å². The molecular weight excluding hydrogens is 865 g/mol. The van der Waals surface area contributed by atoms with Crippen molar-refractivity contribution in [2.24, 2.45) is 0 Å². The predicted molar refractivity (Wildman–Crippen MR) is 302 cm³/mol. The largest absolute Gasteiger partial charge is 0.462 e. The Morgan fingerprint density at radius 3 is 0.829 bits per heavy atom. The first-order chi connectivity index (χ1) is 34.5. The van der Waals surface area contributed by atoms with Gasteiger partial charge in [0.05, 0.1) is 0 Å². The van der Waals surface area contributed by atoms with E-state index >= 15 is 0 Å². The number of carbonyl (C=O) groups excluding carboxylic acids is 3. The first-order valence-corrected chi connectivity index (χ1v) is 31.0. The van der Waals surface area contributed by atoms with Gasteiger partial charge in [0.15, 0.2) is 6.10 Å². The van der Waals surface area contributed by atoms with Gasteiger partial charge in [0, 0.05) is 19.3 Å². The zero-order valence-electron chi connectivity index (χ0n) is 47.1. The van der Waals surface area contributed by atoms with Crippen LogP contribution in [0.4, 0.5) is 0 Å². The van der Waals surface area contributed by atoms with E-state index in [1.165, 1.54) is 218 Å². The lowest BCUT2D eigenvalue weighted by Gasteiger charge is -2.18. The number of ether oxygens (including phenoxy) is 3. The minimum absolute atomic E-state index is 0.0734. The van der Waals surface area contributed by atoms with Crippen LogP contribution in [0.5, 0.6) is 0 Å². The van der Waals surface area contributed by atoms with Crippen molar-refractivity contribution in [2.75, 3.05) is 13.2 Å². The monoisotopic (exact) mass is 983 g/mol. The van der Waals surface area contributed by atoms with E-state index in [1.807, 2.05) is 0 Å². The molecule has 6 heteroatoms. The molecule has 0 saturated heterocycles. The smallest absolute Gasteiger partial charge is 0.306 e. The van der Waals surface area contributed by atoms with Crippen molar-refractivity contribution >= 4 is 17.9 Å². The number of rotatable bonds is 57. The molecule has 0 N–H and O–H groups in total. The van der Waals surface area contributed by atoms with Crippen molar-refractivity contribution in [3.05, 3.63) is 36.5 Å². The number of carbonyl (C=O) groups is 3. The maximum absolute atomic E-state index is 12.8. The summed E-state index contributed by atoms with van der Waals surface area (Å²) in [4.78, 5) is 38.0. The minimum Gasteiger partial charge on any atom is -0.462 e. The quantitative estimate of drug-likeness (QED) is 0.0261. The van der Waals surface area contributed by atoms with Crippen LogP contribution in [-0.2, 0) is 28.6 Å². The van der Waals surface area contributed by atoms with Crippen molar-refractivity contribution < 1.29 is 28.6 Å².